The Morgan fingerprint density at radius 1 is 1.58 bits per heavy atom. The minimum Gasteiger partial charge on any atom is -0.464 e. The van der Waals surface area contributed by atoms with Gasteiger partial charge in [-0.3, -0.25) is 5.10 Å². The van der Waals surface area contributed by atoms with Gasteiger partial charge in [-0.25, -0.2) is 9.78 Å². The number of hydrogen-bond donors (Lipinski definition) is 2. The number of esters is 1. The summed E-state index contributed by atoms with van der Waals surface area (Å²) in [6.07, 6.45) is 3.80. The lowest BCUT2D eigenvalue weighted by atomic mass is 10.1. The normalized spacial score (nSPS) is 10.4. The molecule has 6 nitrogen and oxygen atoms in total. The van der Waals surface area contributed by atoms with E-state index in [1.54, 1.807) is 5.38 Å². The molecule has 7 heteroatoms. The molecular weight excluding hydrogens is 264 g/mol. The summed E-state index contributed by atoms with van der Waals surface area (Å²) in [6.45, 7) is 2.82. The van der Waals surface area contributed by atoms with Gasteiger partial charge >= 0.3 is 5.97 Å². The van der Waals surface area contributed by atoms with E-state index in [-0.39, 0.29) is 0 Å². The van der Waals surface area contributed by atoms with Crippen LogP contribution in [0.3, 0.4) is 0 Å². The molecule has 0 bridgehead atoms. The van der Waals surface area contributed by atoms with Gasteiger partial charge in [0.1, 0.15) is 0 Å². The molecule has 2 heterocycles. The van der Waals surface area contributed by atoms with Crippen molar-refractivity contribution in [2.75, 3.05) is 19.0 Å². The number of nitrogens with one attached hydrogen (secondary N) is 2. The first-order chi connectivity index (χ1) is 9.20. The molecule has 2 N–H and O–H groups in total. The van der Waals surface area contributed by atoms with Crippen LogP contribution in [0.5, 0.6) is 0 Å². The number of carbonyl (C=O) groups is 1. The minimum absolute atomic E-state index is 0.348. The van der Waals surface area contributed by atoms with Crippen LogP contribution >= 0.6 is 11.3 Å². The topological polar surface area (TPSA) is 79.9 Å². The molecule has 0 aliphatic rings. The Morgan fingerprint density at radius 3 is 3.11 bits per heavy atom. The van der Waals surface area contributed by atoms with Crippen molar-refractivity contribution in [3.05, 3.63) is 28.5 Å². The summed E-state index contributed by atoms with van der Waals surface area (Å²) in [5.74, 6) is -0.404. The van der Waals surface area contributed by atoms with E-state index in [1.165, 1.54) is 24.0 Å². The molecule has 2 aromatic rings. The number of rotatable bonds is 6. The van der Waals surface area contributed by atoms with E-state index in [4.69, 9.17) is 0 Å². The SMILES string of the molecule is COC(=O)c1csc(NCCCc2cn[nH]c2C)n1. The van der Waals surface area contributed by atoms with Gasteiger partial charge in [-0.1, -0.05) is 0 Å². The van der Waals surface area contributed by atoms with Crippen molar-refractivity contribution in [3.63, 3.8) is 0 Å². The predicted octanol–water partition coefficient (Wildman–Crippen LogP) is 2.01. The molecule has 0 fully saturated rings. The molecule has 0 unspecified atom stereocenters. The number of aromatic amines is 1. The van der Waals surface area contributed by atoms with Crippen molar-refractivity contribution < 1.29 is 9.53 Å². The first-order valence-corrected chi connectivity index (χ1v) is 6.85. The van der Waals surface area contributed by atoms with Gasteiger partial charge in [-0.15, -0.1) is 11.3 Å². The fourth-order valence-corrected chi connectivity index (χ4v) is 2.36. The highest BCUT2D eigenvalue weighted by Gasteiger charge is 2.10. The van der Waals surface area contributed by atoms with E-state index in [2.05, 4.69) is 25.2 Å². The summed E-state index contributed by atoms with van der Waals surface area (Å²) < 4.78 is 4.60. The van der Waals surface area contributed by atoms with Crippen LogP contribution in [-0.2, 0) is 11.2 Å². The van der Waals surface area contributed by atoms with Crippen molar-refractivity contribution >= 4 is 22.4 Å². The molecule has 0 radical (unpaired) electrons. The maximum Gasteiger partial charge on any atom is 0.357 e. The lowest BCUT2D eigenvalue weighted by molar-refractivity contribution is 0.0595. The van der Waals surface area contributed by atoms with Gasteiger partial charge in [0.2, 0.25) is 0 Å². The number of anilines is 1. The van der Waals surface area contributed by atoms with E-state index in [9.17, 15) is 4.79 Å². The quantitative estimate of drug-likeness (QED) is 0.625. The van der Waals surface area contributed by atoms with Crippen LogP contribution in [0.25, 0.3) is 0 Å². The number of methoxy groups -OCH3 is 1. The maximum absolute atomic E-state index is 11.2. The average Bonchev–Trinajstić information content (AvgIpc) is 3.03. The molecule has 0 atom stereocenters. The highest BCUT2D eigenvalue weighted by molar-refractivity contribution is 7.13. The second kappa shape index (κ2) is 6.33. The van der Waals surface area contributed by atoms with E-state index in [1.807, 2.05) is 13.1 Å². The number of carbonyl (C=O) groups excluding carboxylic acids is 1. The zero-order chi connectivity index (χ0) is 13.7. The Bertz CT molecular complexity index is 549. The van der Waals surface area contributed by atoms with Gasteiger partial charge in [0, 0.05) is 17.6 Å². The van der Waals surface area contributed by atoms with Gasteiger partial charge in [0.05, 0.1) is 13.3 Å². The second-order valence-corrected chi connectivity index (χ2v) is 4.94. The highest BCUT2D eigenvalue weighted by atomic mass is 32.1. The third kappa shape index (κ3) is 3.54. The number of aromatic nitrogens is 3. The zero-order valence-corrected chi connectivity index (χ0v) is 11.7. The Morgan fingerprint density at radius 2 is 2.42 bits per heavy atom. The lowest BCUT2D eigenvalue weighted by Crippen LogP contribution is -2.05. The minimum atomic E-state index is -0.404. The Kier molecular flexibility index (Phi) is 4.51. The van der Waals surface area contributed by atoms with Gasteiger partial charge < -0.3 is 10.1 Å². The van der Waals surface area contributed by atoms with Gasteiger partial charge in [-0.2, -0.15) is 5.10 Å². The van der Waals surface area contributed by atoms with Crippen molar-refractivity contribution in [2.24, 2.45) is 0 Å². The van der Waals surface area contributed by atoms with Crippen molar-refractivity contribution in [2.45, 2.75) is 19.8 Å². The van der Waals surface area contributed by atoms with Gasteiger partial charge in [0.15, 0.2) is 10.8 Å². The van der Waals surface area contributed by atoms with Crippen LogP contribution in [0.1, 0.15) is 28.2 Å². The van der Waals surface area contributed by atoms with Crippen LogP contribution < -0.4 is 5.32 Å². The smallest absolute Gasteiger partial charge is 0.357 e. The highest BCUT2D eigenvalue weighted by Crippen LogP contribution is 2.16. The largest absolute Gasteiger partial charge is 0.464 e. The molecule has 2 aromatic heterocycles. The van der Waals surface area contributed by atoms with Crippen molar-refractivity contribution in [1.82, 2.24) is 15.2 Å². The third-order valence-electron chi connectivity index (χ3n) is 2.73. The maximum atomic E-state index is 11.2. The van der Waals surface area contributed by atoms with Crippen molar-refractivity contribution in [1.29, 1.82) is 0 Å². The fourth-order valence-electron chi connectivity index (χ4n) is 1.66. The molecule has 0 aliphatic carbocycles. The summed E-state index contributed by atoms with van der Waals surface area (Å²) in [5, 5.41) is 12.5. The number of aryl methyl sites for hydroxylation is 2. The monoisotopic (exact) mass is 280 g/mol. The predicted molar refractivity (Wildman–Crippen MR) is 73.6 cm³/mol. The molecule has 0 saturated heterocycles. The number of ether oxygens (including phenoxy) is 1. The summed E-state index contributed by atoms with van der Waals surface area (Å²) in [5.41, 5.74) is 2.69. The van der Waals surface area contributed by atoms with Crippen LogP contribution in [-0.4, -0.2) is 34.8 Å². The molecule has 19 heavy (non-hydrogen) atoms. The average molecular weight is 280 g/mol. The van der Waals surface area contributed by atoms with E-state index in [0.717, 1.165) is 30.2 Å². The van der Waals surface area contributed by atoms with E-state index in [0.29, 0.717) is 5.69 Å². The molecule has 0 aromatic carbocycles. The Balaban J connectivity index is 1.75. The van der Waals surface area contributed by atoms with Crippen LogP contribution in [0.15, 0.2) is 11.6 Å². The molecule has 2 rings (SSSR count). The number of thiazole rings is 1. The summed E-state index contributed by atoms with van der Waals surface area (Å²) in [4.78, 5) is 15.4. The molecular formula is C12H16N4O2S. The van der Waals surface area contributed by atoms with Crippen molar-refractivity contribution in [3.8, 4) is 0 Å². The molecule has 0 amide bonds. The number of nitrogens with zero attached hydrogens (tertiary/aromatic N) is 2. The first-order valence-electron chi connectivity index (χ1n) is 5.97. The number of hydrogen-bond acceptors (Lipinski definition) is 6. The third-order valence-corrected chi connectivity index (χ3v) is 3.53. The van der Waals surface area contributed by atoms with Gasteiger partial charge in [-0.05, 0) is 25.3 Å². The van der Waals surface area contributed by atoms with Crippen LogP contribution in [0.4, 0.5) is 5.13 Å². The van der Waals surface area contributed by atoms with Crippen LogP contribution in [0, 0.1) is 6.92 Å². The molecule has 0 saturated carbocycles. The van der Waals surface area contributed by atoms with Gasteiger partial charge in [0.25, 0.3) is 0 Å². The van der Waals surface area contributed by atoms with Crippen LogP contribution in [0.2, 0.25) is 0 Å². The Hall–Kier alpha value is -1.89. The summed E-state index contributed by atoms with van der Waals surface area (Å²) in [6, 6.07) is 0. The van der Waals surface area contributed by atoms with E-state index < -0.39 is 5.97 Å². The first kappa shape index (κ1) is 13.5. The Labute approximate surface area is 115 Å². The number of H-pyrrole nitrogens is 1. The fraction of sp³-hybridized carbons (Fsp3) is 0.417. The molecule has 0 aliphatic heterocycles. The second-order valence-electron chi connectivity index (χ2n) is 4.08. The molecule has 102 valence electrons. The van der Waals surface area contributed by atoms with E-state index >= 15 is 0 Å². The lowest BCUT2D eigenvalue weighted by Gasteiger charge is -2.02. The zero-order valence-electron chi connectivity index (χ0n) is 10.9. The standard InChI is InChI=1S/C12H16N4O2S/c1-8-9(6-14-16-8)4-3-5-13-12-15-10(7-19-12)11(17)18-2/h6-7H,3-5H2,1-2H3,(H,13,15)(H,14,16). The summed E-state index contributed by atoms with van der Waals surface area (Å²) in [7, 11) is 1.35. The molecule has 0 spiro atoms. The summed E-state index contributed by atoms with van der Waals surface area (Å²) >= 11 is 1.40.